The summed E-state index contributed by atoms with van der Waals surface area (Å²) in [4.78, 5) is 4.57. The van der Waals surface area contributed by atoms with E-state index in [1.807, 2.05) is 11.8 Å². The highest BCUT2D eigenvalue weighted by atomic mass is 127. The predicted octanol–water partition coefficient (Wildman–Crippen LogP) is 3.45. The minimum absolute atomic E-state index is 0. The Morgan fingerprint density at radius 1 is 1.12 bits per heavy atom. The Morgan fingerprint density at radius 3 is 2.58 bits per heavy atom. The van der Waals surface area contributed by atoms with Crippen molar-refractivity contribution in [2.24, 2.45) is 4.99 Å². The van der Waals surface area contributed by atoms with E-state index < -0.39 is 0 Å². The summed E-state index contributed by atoms with van der Waals surface area (Å²) >= 11 is 1.93. The van der Waals surface area contributed by atoms with Crippen molar-refractivity contribution in [3.63, 3.8) is 0 Å². The van der Waals surface area contributed by atoms with Crippen molar-refractivity contribution in [2.75, 3.05) is 52.3 Å². The molecule has 0 saturated heterocycles. The highest BCUT2D eigenvalue weighted by Gasteiger charge is 1.98. The van der Waals surface area contributed by atoms with E-state index in [0.29, 0.717) is 13.2 Å². The molecule has 0 amide bonds. The molecule has 0 fully saturated rings. The van der Waals surface area contributed by atoms with Gasteiger partial charge >= 0.3 is 0 Å². The van der Waals surface area contributed by atoms with E-state index >= 15 is 0 Å². The van der Waals surface area contributed by atoms with Gasteiger partial charge in [-0.1, -0.05) is 29.8 Å². The lowest BCUT2D eigenvalue weighted by atomic mass is 10.2. The Labute approximate surface area is 180 Å². The lowest BCUT2D eigenvalue weighted by molar-refractivity contribution is 0.0702. The topological polar surface area (TPSA) is 54.9 Å². The quantitative estimate of drug-likeness (QED) is 0.190. The molecule has 2 N–H and O–H groups in total. The zero-order chi connectivity index (χ0) is 18.2. The minimum atomic E-state index is 0. The number of benzene rings is 1. The maximum atomic E-state index is 5.44. The number of thioether (sulfide) groups is 1. The first-order valence-electron chi connectivity index (χ1n) is 8.98. The van der Waals surface area contributed by atoms with Gasteiger partial charge in [0.15, 0.2) is 5.96 Å². The molecule has 0 saturated carbocycles. The van der Waals surface area contributed by atoms with Crippen molar-refractivity contribution in [1.29, 1.82) is 0 Å². The zero-order valence-corrected chi connectivity index (χ0v) is 19.4. The van der Waals surface area contributed by atoms with Crippen molar-refractivity contribution < 1.29 is 9.47 Å². The van der Waals surface area contributed by atoms with Crippen LogP contribution in [0.4, 0.5) is 0 Å². The van der Waals surface area contributed by atoms with Gasteiger partial charge in [0, 0.05) is 44.9 Å². The monoisotopic (exact) mass is 495 g/mol. The fourth-order valence-electron chi connectivity index (χ4n) is 2.06. The number of aliphatic imine (C=N–C) groups is 1. The maximum Gasteiger partial charge on any atom is 0.191 e. The van der Waals surface area contributed by atoms with Gasteiger partial charge in [0.2, 0.25) is 0 Å². The van der Waals surface area contributed by atoms with Gasteiger partial charge in [-0.05, 0) is 25.8 Å². The number of methoxy groups -OCH3 is 1. The van der Waals surface area contributed by atoms with Gasteiger partial charge in [-0.15, -0.1) is 24.0 Å². The molecule has 0 atom stereocenters. The third kappa shape index (κ3) is 13.7. The van der Waals surface area contributed by atoms with E-state index in [9.17, 15) is 0 Å². The number of nitrogens with one attached hydrogen (secondary N) is 2. The summed E-state index contributed by atoms with van der Waals surface area (Å²) in [7, 11) is 1.68. The summed E-state index contributed by atoms with van der Waals surface area (Å²) in [6.45, 7) is 8.76. The molecule has 0 aliphatic rings. The number of ether oxygens (including phenoxy) is 2. The Kier molecular flexibility index (Phi) is 17.5. The number of nitrogens with zero attached hydrogens (tertiary/aromatic N) is 1. The van der Waals surface area contributed by atoms with E-state index in [2.05, 4.69) is 53.7 Å². The number of hydrogen-bond acceptors (Lipinski definition) is 4. The first-order valence-corrected chi connectivity index (χ1v) is 10.1. The number of hydrogen-bond donors (Lipinski definition) is 2. The molecule has 0 bridgehead atoms. The van der Waals surface area contributed by atoms with Crippen LogP contribution in [0.5, 0.6) is 0 Å². The van der Waals surface area contributed by atoms with Crippen molar-refractivity contribution in [3.05, 3.63) is 35.4 Å². The second-order valence-corrected chi connectivity index (χ2v) is 6.79. The molecule has 26 heavy (non-hydrogen) atoms. The second kappa shape index (κ2) is 17.9. The van der Waals surface area contributed by atoms with Gasteiger partial charge < -0.3 is 20.1 Å². The third-order valence-corrected chi connectivity index (χ3v) is 4.45. The van der Waals surface area contributed by atoms with Crippen LogP contribution in [0.15, 0.2) is 29.3 Å². The second-order valence-electron chi connectivity index (χ2n) is 5.68. The van der Waals surface area contributed by atoms with Gasteiger partial charge in [-0.3, -0.25) is 4.99 Å². The molecular formula is C19H34IN3O2S. The largest absolute Gasteiger partial charge is 0.382 e. The number of guanidine groups is 1. The van der Waals surface area contributed by atoms with Gasteiger partial charge in [0.05, 0.1) is 13.2 Å². The standard InChI is InChI=1S/C19H33N3O2S.HI/c1-4-20-19(21-10-5-12-24-14-13-23-3)22-11-15-25-16-18-8-6-17(2)7-9-18;/h6-9H,4-5,10-16H2,1-3H3,(H2,20,21,22);1H. The summed E-state index contributed by atoms with van der Waals surface area (Å²) < 4.78 is 10.4. The predicted molar refractivity (Wildman–Crippen MR) is 124 cm³/mol. The molecule has 0 unspecified atom stereocenters. The fourth-order valence-corrected chi connectivity index (χ4v) is 2.88. The molecule has 7 heteroatoms. The molecule has 150 valence electrons. The minimum Gasteiger partial charge on any atom is -0.382 e. The molecule has 5 nitrogen and oxygen atoms in total. The van der Waals surface area contributed by atoms with Crippen LogP contribution in [-0.4, -0.2) is 58.3 Å². The molecule has 1 aromatic carbocycles. The van der Waals surface area contributed by atoms with Crippen LogP contribution in [0.2, 0.25) is 0 Å². The van der Waals surface area contributed by atoms with Gasteiger partial charge in [0.25, 0.3) is 0 Å². The summed E-state index contributed by atoms with van der Waals surface area (Å²) in [6.07, 6.45) is 0.919. The van der Waals surface area contributed by atoms with Crippen LogP contribution in [0, 0.1) is 6.92 Å². The molecule has 0 spiro atoms. The number of halogens is 1. The fraction of sp³-hybridized carbons (Fsp3) is 0.632. The van der Waals surface area contributed by atoms with E-state index in [-0.39, 0.29) is 24.0 Å². The summed E-state index contributed by atoms with van der Waals surface area (Å²) in [5.41, 5.74) is 2.69. The molecule has 0 heterocycles. The van der Waals surface area contributed by atoms with E-state index in [0.717, 1.165) is 50.1 Å². The van der Waals surface area contributed by atoms with Crippen LogP contribution < -0.4 is 10.6 Å². The average Bonchev–Trinajstić information content (AvgIpc) is 2.62. The maximum absolute atomic E-state index is 5.44. The SMILES string of the molecule is CCNC(=NCCCOCCOC)NCCSCc1ccc(C)cc1.I. The van der Waals surface area contributed by atoms with Gasteiger partial charge in [-0.25, -0.2) is 0 Å². The van der Waals surface area contributed by atoms with E-state index in [1.54, 1.807) is 7.11 Å². The van der Waals surface area contributed by atoms with Crippen molar-refractivity contribution in [3.8, 4) is 0 Å². The van der Waals surface area contributed by atoms with Gasteiger partial charge in [-0.2, -0.15) is 11.8 Å². The highest BCUT2D eigenvalue weighted by molar-refractivity contribution is 14.0. The van der Waals surface area contributed by atoms with Crippen molar-refractivity contribution in [2.45, 2.75) is 26.0 Å². The van der Waals surface area contributed by atoms with Crippen molar-refractivity contribution >= 4 is 41.7 Å². The van der Waals surface area contributed by atoms with Crippen LogP contribution in [-0.2, 0) is 15.2 Å². The van der Waals surface area contributed by atoms with Crippen molar-refractivity contribution in [1.82, 2.24) is 10.6 Å². The average molecular weight is 495 g/mol. The Hall–Kier alpha value is -0.510. The summed E-state index contributed by atoms with van der Waals surface area (Å²) in [5.74, 6) is 2.99. The molecule has 0 aliphatic carbocycles. The first kappa shape index (κ1) is 25.5. The molecular weight excluding hydrogens is 461 g/mol. The lowest BCUT2D eigenvalue weighted by Crippen LogP contribution is -2.38. The molecule has 1 aromatic rings. The first-order chi connectivity index (χ1) is 12.3. The van der Waals surface area contributed by atoms with Crippen LogP contribution in [0.1, 0.15) is 24.5 Å². The molecule has 0 aliphatic heterocycles. The highest BCUT2D eigenvalue weighted by Crippen LogP contribution is 2.12. The third-order valence-electron chi connectivity index (χ3n) is 3.42. The summed E-state index contributed by atoms with van der Waals surface area (Å²) in [6, 6.07) is 8.75. The van der Waals surface area contributed by atoms with Crippen LogP contribution in [0.3, 0.4) is 0 Å². The number of rotatable bonds is 13. The summed E-state index contributed by atoms with van der Waals surface area (Å²) in [5, 5.41) is 6.66. The van der Waals surface area contributed by atoms with Crippen LogP contribution in [0.25, 0.3) is 0 Å². The zero-order valence-electron chi connectivity index (χ0n) is 16.3. The van der Waals surface area contributed by atoms with E-state index in [1.165, 1.54) is 11.1 Å². The normalized spacial score (nSPS) is 11.1. The Bertz CT molecular complexity index is 472. The lowest BCUT2D eigenvalue weighted by Gasteiger charge is -2.11. The molecule has 0 aromatic heterocycles. The van der Waals surface area contributed by atoms with Gasteiger partial charge in [0.1, 0.15) is 0 Å². The van der Waals surface area contributed by atoms with Crippen LogP contribution >= 0.6 is 35.7 Å². The Balaban J connectivity index is 0.00000625. The van der Waals surface area contributed by atoms with E-state index in [4.69, 9.17) is 9.47 Å². The Morgan fingerprint density at radius 2 is 1.88 bits per heavy atom. The molecule has 0 radical (unpaired) electrons. The smallest absolute Gasteiger partial charge is 0.191 e. The molecule has 1 rings (SSSR count). The number of aryl methyl sites for hydroxylation is 1.